The van der Waals surface area contributed by atoms with Crippen molar-refractivity contribution < 1.29 is 9.53 Å². The van der Waals surface area contributed by atoms with Crippen LogP contribution in [0.5, 0.6) is 0 Å². The molecule has 0 radical (unpaired) electrons. The van der Waals surface area contributed by atoms with Crippen LogP contribution >= 0.6 is 0 Å². The lowest BCUT2D eigenvalue weighted by atomic mass is 10.0. The maximum atomic E-state index is 10.1. The molecule has 0 aromatic rings. The van der Waals surface area contributed by atoms with E-state index in [1.807, 2.05) is 13.8 Å². The van der Waals surface area contributed by atoms with E-state index in [-0.39, 0.29) is 12.0 Å². The van der Waals surface area contributed by atoms with Crippen molar-refractivity contribution in [2.45, 2.75) is 65.0 Å². The van der Waals surface area contributed by atoms with Crippen molar-refractivity contribution in [3.05, 3.63) is 12.7 Å². The van der Waals surface area contributed by atoms with Crippen LogP contribution in [0.1, 0.15) is 34.6 Å². The van der Waals surface area contributed by atoms with Crippen LogP contribution in [0.15, 0.2) is 12.7 Å². The van der Waals surface area contributed by atoms with E-state index in [9.17, 15) is 5.11 Å². The van der Waals surface area contributed by atoms with Gasteiger partial charge in [0.1, 0.15) is 0 Å². The van der Waals surface area contributed by atoms with Crippen molar-refractivity contribution in [2.24, 2.45) is 5.92 Å². The molecule has 1 N–H and O–H groups in total. The maximum absolute atomic E-state index is 10.1. The number of hydrogen-bond acceptors (Lipinski definition) is 2. The summed E-state index contributed by atoms with van der Waals surface area (Å²) in [6.45, 7) is 14.3. The fourth-order valence-corrected chi connectivity index (χ4v) is 4.96. The zero-order valence-electron chi connectivity index (χ0n) is 11.5. The van der Waals surface area contributed by atoms with Crippen molar-refractivity contribution in [2.75, 3.05) is 0 Å². The Morgan fingerprint density at radius 3 is 1.94 bits per heavy atom. The van der Waals surface area contributed by atoms with Gasteiger partial charge in [-0.2, -0.15) is 0 Å². The molecule has 2 nitrogen and oxygen atoms in total. The van der Waals surface area contributed by atoms with Gasteiger partial charge in [-0.15, -0.1) is 6.58 Å². The summed E-state index contributed by atoms with van der Waals surface area (Å²) in [6.07, 6.45) is 1.27. The third-order valence-corrected chi connectivity index (χ3v) is 8.50. The van der Waals surface area contributed by atoms with Crippen LogP contribution in [0.25, 0.3) is 0 Å². The van der Waals surface area contributed by atoms with Crippen molar-refractivity contribution in [1.82, 2.24) is 0 Å². The molecule has 0 aliphatic carbocycles. The molecule has 0 saturated heterocycles. The number of aliphatic hydroxyl groups is 1. The average Bonchev–Trinajstić information content (AvgIpc) is 2.33. The van der Waals surface area contributed by atoms with Crippen LogP contribution in [-0.4, -0.2) is 25.6 Å². The topological polar surface area (TPSA) is 29.5 Å². The van der Waals surface area contributed by atoms with Crippen molar-refractivity contribution in [3.63, 3.8) is 0 Å². The molecule has 0 aliphatic rings. The lowest BCUT2D eigenvalue weighted by Gasteiger charge is -2.34. The number of aliphatic hydroxyl groups excluding tert-OH is 1. The monoisotopic (exact) mass is 244 g/mol. The second-order valence-corrected chi connectivity index (χ2v) is 9.38. The normalized spacial score (nSPS) is 17.9. The van der Waals surface area contributed by atoms with Crippen LogP contribution in [0.2, 0.25) is 18.1 Å². The summed E-state index contributed by atoms with van der Waals surface area (Å²) in [5.74, 6) is 0.0901. The van der Waals surface area contributed by atoms with E-state index < -0.39 is 14.4 Å². The third kappa shape index (κ3) is 4.04. The molecule has 0 aromatic carbocycles. The minimum absolute atomic E-state index is 0.0838. The van der Waals surface area contributed by atoms with E-state index in [0.717, 1.165) is 18.1 Å². The minimum atomic E-state index is -1.60. The Hall–Kier alpha value is -0.123. The van der Waals surface area contributed by atoms with Gasteiger partial charge in [-0.1, -0.05) is 33.8 Å². The van der Waals surface area contributed by atoms with Gasteiger partial charge in [0.2, 0.25) is 0 Å². The van der Waals surface area contributed by atoms with Gasteiger partial charge in [-0.05, 0) is 25.1 Å². The molecule has 0 bridgehead atoms. The first kappa shape index (κ1) is 15.9. The zero-order valence-corrected chi connectivity index (χ0v) is 12.5. The van der Waals surface area contributed by atoms with Crippen molar-refractivity contribution in [3.8, 4) is 0 Å². The van der Waals surface area contributed by atoms with Gasteiger partial charge in [-0.3, -0.25) is 0 Å². The van der Waals surface area contributed by atoms with E-state index in [1.165, 1.54) is 0 Å². The SMILES string of the molecule is C=C[C@@H](C)[C@H](O)[C@@H](C)O[Si](CC)(CC)CC. The molecule has 96 valence electrons. The molecule has 0 aliphatic heterocycles. The van der Waals surface area contributed by atoms with Gasteiger partial charge < -0.3 is 9.53 Å². The zero-order chi connectivity index (χ0) is 12.8. The second kappa shape index (κ2) is 7.25. The first-order chi connectivity index (χ1) is 7.46. The van der Waals surface area contributed by atoms with Gasteiger partial charge >= 0.3 is 0 Å². The summed E-state index contributed by atoms with van der Waals surface area (Å²) >= 11 is 0. The van der Waals surface area contributed by atoms with Crippen LogP contribution in [-0.2, 0) is 4.43 Å². The Labute approximate surface area is 102 Å². The minimum Gasteiger partial charge on any atom is -0.412 e. The highest BCUT2D eigenvalue weighted by atomic mass is 28.4. The van der Waals surface area contributed by atoms with Crippen LogP contribution in [0.4, 0.5) is 0 Å². The third-order valence-electron chi connectivity index (χ3n) is 3.76. The van der Waals surface area contributed by atoms with Gasteiger partial charge in [0.05, 0.1) is 12.2 Å². The van der Waals surface area contributed by atoms with Crippen molar-refractivity contribution in [1.29, 1.82) is 0 Å². The molecule has 0 saturated carbocycles. The van der Waals surface area contributed by atoms with Gasteiger partial charge in [0, 0.05) is 5.92 Å². The highest BCUT2D eigenvalue weighted by molar-refractivity contribution is 6.73. The van der Waals surface area contributed by atoms with Gasteiger partial charge in [0.15, 0.2) is 8.32 Å². The summed E-state index contributed by atoms with van der Waals surface area (Å²) in [7, 11) is -1.60. The number of rotatable bonds is 8. The Kier molecular flexibility index (Phi) is 7.20. The first-order valence-corrected chi connectivity index (χ1v) is 8.97. The highest BCUT2D eigenvalue weighted by Gasteiger charge is 2.33. The predicted molar refractivity (Wildman–Crippen MR) is 73.1 cm³/mol. The fourth-order valence-electron chi connectivity index (χ4n) is 2.03. The Morgan fingerprint density at radius 1 is 1.19 bits per heavy atom. The van der Waals surface area contributed by atoms with E-state index in [4.69, 9.17) is 4.43 Å². The summed E-state index contributed by atoms with van der Waals surface area (Å²) in [6, 6.07) is 3.37. The van der Waals surface area contributed by atoms with Crippen LogP contribution < -0.4 is 0 Å². The summed E-state index contributed by atoms with van der Waals surface area (Å²) < 4.78 is 6.21. The van der Waals surface area contributed by atoms with E-state index in [0.29, 0.717) is 0 Å². The van der Waals surface area contributed by atoms with E-state index in [2.05, 4.69) is 27.4 Å². The molecule has 0 rings (SSSR count). The maximum Gasteiger partial charge on any atom is 0.192 e. The number of hydrogen-bond donors (Lipinski definition) is 1. The quantitative estimate of drug-likeness (QED) is 0.522. The standard InChI is InChI=1S/C13H28O2Si/c1-7-11(5)13(14)12(6)15-16(8-2,9-3)10-4/h7,11-14H,1,8-10H2,2-6H3/t11-,12-,13+/m1/s1. The molecule has 0 amide bonds. The van der Waals surface area contributed by atoms with Crippen LogP contribution in [0.3, 0.4) is 0 Å². The second-order valence-electron chi connectivity index (χ2n) is 4.65. The molecule has 0 heterocycles. The summed E-state index contributed by atoms with van der Waals surface area (Å²) in [4.78, 5) is 0. The molecule has 0 aromatic heterocycles. The molecular weight excluding hydrogens is 216 g/mol. The lowest BCUT2D eigenvalue weighted by molar-refractivity contribution is 0.0181. The summed E-state index contributed by atoms with van der Waals surface area (Å²) in [5.41, 5.74) is 0. The lowest BCUT2D eigenvalue weighted by Crippen LogP contribution is -2.44. The summed E-state index contributed by atoms with van der Waals surface area (Å²) in [5, 5.41) is 10.1. The van der Waals surface area contributed by atoms with E-state index >= 15 is 0 Å². The Balaban J connectivity index is 4.50. The Morgan fingerprint density at radius 2 is 1.62 bits per heavy atom. The van der Waals surface area contributed by atoms with Gasteiger partial charge in [-0.25, -0.2) is 0 Å². The van der Waals surface area contributed by atoms with Gasteiger partial charge in [0.25, 0.3) is 0 Å². The molecule has 0 spiro atoms. The van der Waals surface area contributed by atoms with Crippen molar-refractivity contribution >= 4 is 8.32 Å². The molecule has 0 fully saturated rings. The van der Waals surface area contributed by atoms with Crippen LogP contribution in [0, 0.1) is 5.92 Å². The molecule has 0 unspecified atom stereocenters. The molecule has 3 heteroatoms. The smallest absolute Gasteiger partial charge is 0.192 e. The highest BCUT2D eigenvalue weighted by Crippen LogP contribution is 2.25. The largest absolute Gasteiger partial charge is 0.412 e. The fraction of sp³-hybridized carbons (Fsp3) is 0.846. The Bertz CT molecular complexity index is 194. The molecular formula is C13H28O2Si. The predicted octanol–water partition coefficient (Wildman–Crippen LogP) is 3.58. The first-order valence-electron chi connectivity index (χ1n) is 6.44. The molecule has 16 heavy (non-hydrogen) atoms. The van der Waals surface area contributed by atoms with E-state index in [1.54, 1.807) is 6.08 Å². The average molecular weight is 244 g/mol. The molecule has 3 atom stereocenters.